The van der Waals surface area contributed by atoms with Crippen molar-refractivity contribution in [3.05, 3.63) is 53.6 Å². The van der Waals surface area contributed by atoms with Gasteiger partial charge in [-0.05, 0) is 56.0 Å². The number of hydrogen-bond acceptors (Lipinski definition) is 5. The highest BCUT2D eigenvalue weighted by Crippen LogP contribution is 2.27. The molecule has 2 N–H and O–H groups in total. The van der Waals surface area contributed by atoms with Crippen molar-refractivity contribution in [1.29, 1.82) is 0 Å². The molecule has 7 heteroatoms. The molecule has 0 bridgehead atoms. The van der Waals surface area contributed by atoms with Crippen LogP contribution in [0.15, 0.2) is 47.4 Å². The lowest BCUT2D eigenvalue weighted by atomic mass is 10.0. The SMILES string of the molecule is COc1cc(SC)ccc1C(=O)N[C@@H](CC(=O)O)c1ccc(OC(C)C)cc1. The quantitative estimate of drug-likeness (QED) is 0.612. The average Bonchev–Trinajstić information content (AvgIpc) is 2.66. The fourth-order valence-electron chi connectivity index (χ4n) is 2.70. The lowest BCUT2D eigenvalue weighted by Gasteiger charge is -2.19. The van der Waals surface area contributed by atoms with E-state index in [1.165, 1.54) is 7.11 Å². The standard InChI is InChI=1S/C21H25NO5S/c1-13(2)27-15-7-5-14(6-8-15)18(12-20(23)24)22-21(25)17-10-9-16(28-4)11-19(17)26-3/h5-11,13,18H,12H2,1-4H3,(H,22,25)(H,23,24)/t18-/m0/s1. The van der Waals surface area contributed by atoms with Gasteiger partial charge >= 0.3 is 5.97 Å². The normalized spacial score (nSPS) is 11.8. The Morgan fingerprint density at radius 2 is 1.82 bits per heavy atom. The van der Waals surface area contributed by atoms with Crippen LogP contribution < -0.4 is 14.8 Å². The Hall–Kier alpha value is -2.67. The number of nitrogens with one attached hydrogen (secondary N) is 1. The number of carbonyl (C=O) groups excluding carboxylic acids is 1. The Morgan fingerprint density at radius 3 is 2.36 bits per heavy atom. The Labute approximate surface area is 169 Å². The second kappa shape index (κ2) is 10.0. The number of benzene rings is 2. The van der Waals surface area contributed by atoms with Crippen LogP contribution in [0.3, 0.4) is 0 Å². The lowest BCUT2D eigenvalue weighted by Crippen LogP contribution is -2.30. The maximum atomic E-state index is 12.8. The van der Waals surface area contributed by atoms with Gasteiger partial charge in [0.25, 0.3) is 5.91 Å². The maximum absolute atomic E-state index is 12.8. The van der Waals surface area contributed by atoms with E-state index in [9.17, 15) is 14.7 Å². The second-order valence-electron chi connectivity index (χ2n) is 6.43. The molecule has 28 heavy (non-hydrogen) atoms. The van der Waals surface area contributed by atoms with Crippen molar-refractivity contribution in [3.63, 3.8) is 0 Å². The van der Waals surface area contributed by atoms with Crippen LogP contribution in [0.1, 0.15) is 42.2 Å². The fraction of sp³-hybridized carbons (Fsp3) is 0.333. The van der Waals surface area contributed by atoms with E-state index in [1.54, 1.807) is 48.2 Å². The minimum absolute atomic E-state index is 0.0390. The molecule has 0 fully saturated rings. The van der Waals surface area contributed by atoms with E-state index in [0.29, 0.717) is 22.6 Å². The predicted molar refractivity (Wildman–Crippen MR) is 109 cm³/mol. The molecule has 2 rings (SSSR count). The molecule has 0 aliphatic rings. The first-order chi connectivity index (χ1) is 13.3. The first-order valence-corrected chi connectivity index (χ1v) is 10.1. The van der Waals surface area contributed by atoms with Gasteiger partial charge in [-0.2, -0.15) is 0 Å². The van der Waals surface area contributed by atoms with Crippen LogP contribution in [0.2, 0.25) is 0 Å². The summed E-state index contributed by atoms with van der Waals surface area (Å²) in [4.78, 5) is 25.1. The first kappa shape index (κ1) is 21.6. The molecular weight excluding hydrogens is 378 g/mol. The molecule has 0 aliphatic heterocycles. The molecule has 2 aromatic rings. The summed E-state index contributed by atoms with van der Waals surface area (Å²) in [7, 11) is 1.50. The van der Waals surface area contributed by atoms with Crippen molar-refractivity contribution in [2.45, 2.75) is 37.3 Å². The molecule has 0 spiro atoms. The third kappa shape index (κ3) is 5.92. The summed E-state index contributed by atoms with van der Waals surface area (Å²) in [5.74, 6) is -0.261. The van der Waals surface area contributed by atoms with Crippen LogP contribution in [0.5, 0.6) is 11.5 Å². The highest BCUT2D eigenvalue weighted by atomic mass is 32.2. The zero-order chi connectivity index (χ0) is 20.7. The number of carboxylic acid groups (broad SMARTS) is 1. The summed E-state index contributed by atoms with van der Waals surface area (Å²) < 4.78 is 10.9. The van der Waals surface area contributed by atoms with Gasteiger partial charge in [0.15, 0.2) is 0 Å². The van der Waals surface area contributed by atoms with Crippen LogP contribution in [0.25, 0.3) is 0 Å². The van der Waals surface area contributed by atoms with Gasteiger partial charge < -0.3 is 19.9 Å². The van der Waals surface area contributed by atoms with Crippen LogP contribution >= 0.6 is 11.8 Å². The van der Waals surface area contributed by atoms with E-state index in [-0.39, 0.29) is 12.5 Å². The molecule has 0 saturated carbocycles. The summed E-state index contributed by atoms with van der Waals surface area (Å²) in [5, 5.41) is 12.1. The molecule has 0 saturated heterocycles. The fourth-order valence-corrected chi connectivity index (χ4v) is 3.13. The van der Waals surface area contributed by atoms with Gasteiger partial charge in [-0.1, -0.05) is 12.1 Å². The van der Waals surface area contributed by atoms with Gasteiger partial charge in [-0.15, -0.1) is 11.8 Å². The molecule has 6 nitrogen and oxygen atoms in total. The lowest BCUT2D eigenvalue weighted by molar-refractivity contribution is -0.137. The van der Waals surface area contributed by atoms with E-state index in [1.807, 2.05) is 26.2 Å². The van der Waals surface area contributed by atoms with Crippen molar-refractivity contribution in [2.24, 2.45) is 0 Å². The third-order valence-electron chi connectivity index (χ3n) is 3.99. The van der Waals surface area contributed by atoms with Gasteiger partial charge in [-0.25, -0.2) is 0 Å². The molecule has 1 atom stereocenters. The summed E-state index contributed by atoms with van der Waals surface area (Å²) in [6.07, 6.45) is 1.74. The molecule has 2 aromatic carbocycles. The smallest absolute Gasteiger partial charge is 0.305 e. The van der Waals surface area contributed by atoms with E-state index < -0.39 is 17.9 Å². The zero-order valence-electron chi connectivity index (χ0n) is 16.4. The topological polar surface area (TPSA) is 84.9 Å². The second-order valence-corrected chi connectivity index (χ2v) is 7.31. The van der Waals surface area contributed by atoms with E-state index in [4.69, 9.17) is 9.47 Å². The summed E-state index contributed by atoms with van der Waals surface area (Å²) in [6, 6.07) is 11.7. The Bertz CT molecular complexity index is 820. The molecule has 1 amide bonds. The predicted octanol–water partition coefficient (Wildman–Crippen LogP) is 4.15. The first-order valence-electron chi connectivity index (χ1n) is 8.85. The molecule has 0 unspecified atom stereocenters. The van der Waals surface area contributed by atoms with Gasteiger partial charge in [0.1, 0.15) is 11.5 Å². The Balaban J connectivity index is 2.24. The number of ether oxygens (including phenoxy) is 2. The number of amides is 1. The van der Waals surface area contributed by atoms with E-state index >= 15 is 0 Å². The molecule has 150 valence electrons. The van der Waals surface area contributed by atoms with Crippen molar-refractivity contribution < 1.29 is 24.2 Å². The number of methoxy groups -OCH3 is 1. The van der Waals surface area contributed by atoms with Crippen molar-refractivity contribution >= 4 is 23.6 Å². The highest BCUT2D eigenvalue weighted by molar-refractivity contribution is 7.98. The van der Waals surface area contributed by atoms with Gasteiger partial charge in [-0.3, -0.25) is 9.59 Å². The number of carbonyl (C=O) groups is 2. The minimum Gasteiger partial charge on any atom is -0.496 e. The molecule has 0 aromatic heterocycles. The monoisotopic (exact) mass is 403 g/mol. The maximum Gasteiger partial charge on any atom is 0.305 e. The van der Waals surface area contributed by atoms with Crippen molar-refractivity contribution in [2.75, 3.05) is 13.4 Å². The van der Waals surface area contributed by atoms with Gasteiger partial charge in [0.2, 0.25) is 0 Å². The molecule has 0 radical (unpaired) electrons. The third-order valence-corrected chi connectivity index (χ3v) is 4.72. The molecular formula is C21H25NO5S. The summed E-state index contributed by atoms with van der Waals surface area (Å²) in [5.41, 5.74) is 1.04. The van der Waals surface area contributed by atoms with Crippen molar-refractivity contribution in [3.8, 4) is 11.5 Å². The zero-order valence-corrected chi connectivity index (χ0v) is 17.2. The summed E-state index contributed by atoms with van der Waals surface area (Å²) in [6.45, 7) is 3.86. The highest BCUT2D eigenvalue weighted by Gasteiger charge is 2.21. The Morgan fingerprint density at radius 1 is 1.14 bits per heavy atom. The Kier molecular flexibility index (Phi) is 7.75. The number of aliphatic carboxylic acids is 1. The van der Waals surface area contributed by atoms with Gasteiger partial charge in [0, 0.05) is 4.90 Å². The number of thioether (sulfide) groups is 1. The number of rotatable bonds is 9. The number of carboxylic acids is 1. The van der Waals surface area contributed by atoms with Crippen molar-refractivity contribution in [1.82, 2.24) is 5.32 Å². The minimum atomic E-state index is -1.00. The average molecular weight is 404 g/mol. The largest absolute Gasteiger partial charge is 0.496 e. The summed E-state index contributed by atoms with van der Waals surface area (Å²) >= 11 is 1.54. The molecule has 0 aliphatic carbocycles. The van der Waals surface area contributed by atoms with Crippen LogP contribution in [0, 0.1) is 0 Å². The van der Waals surface area contributed by atoms with Crippen LogP contribution in [-0.2, 0) is 4.79 Å². The van der Waals surface area contributed by atoms with Crippen LogP contribution in [-0.4, -0.2) is 36.5 Å². The van der Waals surface area contributed by atoms with E-state index in [2.05, 4.69) is 5.32 Å². The van der Waals surface area contributed by atoms with Crippen LogP contribution in [0.4, 0.5) is 0 Å². The van der Waals surface area contributed by atoms with Gasteiger partial charge in [0.05, 0.1) is 31.2 Å². The van der Waals surface area contributed by atoms with E-state index in [0.717, 1.165) is 4.90 Å². The number of hydrogen-bond donors (Lipinski definition) is 2. The molecule has 0 heterocycles.